The molecule has 1 saturated heterocycles. The summed E-state index contributed by atoms with van der Waals surface area (Å²) >= 11 is 0. The van der Waals surface area contributed by atoms with Crippen LogP contribution >= 0.6 is 0 Å². The molecule has 0 saturated carbocycles. The van der Waals surface area contributed by atoms with Crippen LogP contribution in [-0.4, -0.2) is 29.9 Å². The second kappa shape index (κ2) is 3.90. The lowest BCUT2D eigenvalue weighted by Crippen LogP contribution is -2.49. The van der Waals surface area contributed by atoms with Crippen LogP contribution in [0.5, 0.6) is 0 Å². The average Bonchev–Trinajstić information content (AvgIpc) is 2.04. The van der Waals surface area contributed by atoms with Gasteiger partial charge < -0.3 is 10.6 Å². The first-order valence-electron chi connectivity index (χ1n) is 4.66. The lowest BCUT2D eigenvalue weighted by Gasteiger charge is -2.35. The van der Waals surface area contributed by atoms with E-state index in [0.717, 1.165) is 25.9 Å². The Morgan fingerprint density at radius 3 is 2.75 bits per heavy atom. The Balaban J connectivity index is 2.46. The van der Waals surface area contributed by atoms with Crippen LogP contribution in [0, 0.1) is 5.92 Å². The van der Waals surface area contributed by atoms with Crippen LogP contribution in [0.4, 0.5) is 0 Å². The van der Waals surface area contributed by atoms with Crippen molar-refractivity contribution in [2.75, 3.05) is 13.1 Å². The van der Waals surface area contributed by atoms with Gasteiger partial charge in [0, 0.05) is 26.1 Å². The minimum atomic E-state index is 0.153. The summed E-state index contributed by atoms with van der Waals surface area (Å²) in [7, 11) is 0. The molecule has 0 spiro atoms. The molecule has 1 fully saturated rings. The molecule has 0 bridgehead atoms. The molecule has 1 aliphatic rings. The third kappa shape index (κ3) is 1.97. The minimum Gasteiger partial charge on any atom is -0.341 e. The molecule has 2 atom stereocenters. The summed E-state index contributed by atoms with van der Waals surface area (Å²) in [5, 5.41) is 0. The van der Waals surface area contributed by atoms with Crippen LogP contribution in [-0.2, 0) is 4.79 Å². The molecular weight excluding hydrogens is 152 g/mol. The molecule has 70 valence electrons. The predicted molar refractivity (Wildman–Crippen MR) is 48.6 cm³/mol. The van der Waals surface area contributed by atoms with Gasteiger partial charge in [-0.2, -0.15) is 0 Å². The highest BCUT2D eigenvalue weighted by molar-refractivity contribution is 5.73. The number of hydrogen-bond donors (Lipinski definition) is 1. The summed E-state index contributed by atoms with van der Waals surface area (Å²) in [5.74, 6) is 0.764. The van der Waals surface area contributed by atoms with E-state index in [1.165, 1.54) is 0 Å². The predicted octanol–water partition coefficient (Wildman–Crippen LogP) is 0.592. The maximum Gasteiger partial charge on any atom is 0.219 e. The molecule has 0 radical (unpaired) electrons. The summed E-state index contributed by atoms with van der Waals surface area (Å²) in [5.41, 5.74) is 5.92. The van der Waals surface area contributed by atoms with Crippen molar-refractivity contribution in [1.82, 2.24) is 4.90 Å². The largest absolute Gasteiger partial charge is 0.341 e. The smallest absolute Gasteiger partial charge is 0.219 e. The number of carbonyl (C=O) groups is 1. The van der Waals surface area contributed by atoms with E-state index < -0.39 is 0 Å². The Morgan fingerprint density at radius 2 is 2.33 bits per heavy atom. The van der Waals surface area contributed by atoms with Crippen molar-refractivity contribution in [1.29, 1.82) is 0 Å². The fourth-order valence-corrected chi connectivity index (χ4v) is 1.82. The Morgan fingerprint density at radius 1 is 1.67 bits per heavy atom. The Labute approximate surface area is 73.9 Å². The molecule has 1 aliphatic heterocycles. The molecule has 1 heterocycles. The highest BCUT2D eigenvalue weighted by atomic mass is 16.2. The molecule has 3 nitrogen and oxygen atoms in total. The van der Waals surface area contributed by atoms with Crippen molar-refractivity contribution < 1.29 is 4.79 Å². The van der Waals surface area contributed by atoms with Crippen molar-refractivity contribution in [2.45, 2.75) is 32.7 Å². The van der Waals surface area contributed by atoms with Gasteiger partial charge in [0.05, 0.1) is 0 Å². The molecule has 2 unspecified atom stereocenters. The second-order valence-electron chi connectivity index (χ2n) is 3.59. The van der Waals surface area contributed by atoms with Crippen molar-refractivity contribution in [2.24, 2.45) is 11.7 Å². The third-order valence-corrected chi connectivity index (χ3v) is 2.78. The molecule has 1 rings (SSSR count). The Hall–Kier alpha value is -0.570. The molecule has 0 aliphatic carbocycles. The third-order valence-electron chi connectivity index (χ3n) is 2.78. The highest BCUT2D eigenvalue weighted by Gasteiger charge is 2.25. The van der Waals surface area contributed by atoms with Crippen LogP contribution in [0.3, 0.4) is 0 Å². The SMILES string of the molecule is CCC1CCN(C(C)=O)CC1N. The summed E-state index contributed by atoms with van der Waals surface area (Å²) in [6.07, 6.45) is 2.20. The molecule has 3 heteroatoms. The number of likely N-dealkylation sites (tertiary alicyclic amines) is 1. The Kier molecular flexibility index (Phi) is 3.09. The zero-order valence-electron chi connectivity index (χ0n) is 7.92. The highest BCUT2D eigenvalue weighted by Crippen LogP contribution is 2.18. The summed E-state index contributed by atoms with van der Waals surface area (Å²) in [6.45, 7) is 5.41. The van der Waals surface area contributed by atoms with E-state index in [4.69, 9.17) is 5.73 Å². The first kappa shape index (κ1) is 9.52. The van der Waals surface area contributed by atoms with Gasteiger partial charge >= 0.3 is 0 Å². The van der Waals surface area contributed by atoms with Gasteiger partial charge in [0.1, 0.15) is 0 Å². The fourth-order valence-electron chi connectivity index (χ4n) is 1.82. The summed E-state index contributed by atoms with van der Waals surface area (Å²) in [4.78, 5) is 12.9. The first-order chi connectivity index (χ1) is 5.65. The van der Waals surface area contributed by atoms with Crippen molar-refractivity contribution >= 4 is 5.91 Å². The molecular formula is C9H18N2O. The number of hydrogen-bond acceptors (Lipinski definition) is 2. The van der Waals surface area contributed by atoms with Crippen molar-refractivity contribution in [3.63, 3.8) is 0 Å². The van der Waals surface area contributed by atoms with Gasteiger partial charge in [0.2, 0.25) is 5.91 Å². The number of amides is 1. The lowest BCUT2D eigenvalue weighted by atomic mass is 9.90. The minimum absolute atomic E-state index is 0.153. The van der Waals surface area contributed by atoms with E-state index in [2.05, 4.69) is 6.92 Å². The molecule has 2 N–H and O–H groups in total. The van der Waals surface area contributed by atoms with Crippen LogP contribution in [0.15, 0.2) is 0 Å². The molecule has 0 aromatic rings. The average molecular weight is 170 g/mol. The van der Waals surface area contributed by atoms with E-state index in [1.54, 1.807) is 6.92 Å². The maximum atomic E-state index is 11.0. The van der Waals surface area contributed by atoms with E-state index >= 15 is 0 Å². The van der Waals surface area contributed by atoms with Crippen LogP contribution in [0.25, 0.3) is 0 Å². The summed E-state index contributed by atoms with van der Waals surface area (Å²) < 4.78 is 0. The number of nitrogens with zero attached hydrogens (tertiary/aromatic N) is 1. The Bertz CT molecular complexity index is 170. The van der Waals surface area contributed by atoms with Crippen molar-refractivity contribution in [3.8, 4) is 0 Å². The van der Waals surface area contributed by atoms with Crippen LogP contribution in [0.1, 0.15) is 26.7 Å². The van der Waals surface area contributed by atoms with Gasteiger partial charge in [-0.25, -0.2) is 0 Å². The van der Waals surface area contributed by atoms with Gasteiger partial charge in [0.15, 0.2) is 0 Å². The fraction of sp³-hybridized carbons (Fsp3) is 0.889. The van der Waals surface area contributed by atoms with E-state index in [1.807, 2.05) is 4.90 Å². The number of rotatable bonds is 1. The van der Waals surface area contributed by atoms with Gasteiger partial charge in [-0.15, -0.1) is 0 Å². The molecule has 0 aromatic heterocycles. The van der Waals surface area contributed by atoms with E-state index in [-0.39, 0.29) is 11.9 Å². The van der Waals surface area contributed by atoms with Gasteiger partial charge in [0.25, 0.3) is 0 Å². The maximum absolute atomic E-state index is 11.0. The van der Waals surface area contributed by atoms with E-state index in [0.29, 0.717) is 5.92 Å². The standard InChI is InChI=1S/C9H18N2O/c1-3-8-4-5-11(7(2)12)6-9(8)10/h8-9H,3-6,10H2,1-2H3. The van der Waals surface area contributed by atoms with Gasteiger partial charge in [-0.3, -0.25) is 4.79 Å². The van der Waals surface area contributed by atoms with Crippen molar-refractivity contribution in [3.05, 3.63) is 0 Å². The number of piperidine rings is 1. The summed E-state index contributed by atoms with van der Waals surface area (Å²) in [6, 6.07) is 0.188. The molecule has 0 aromatic carbocycles. The zero-order chi connectivity index (χ0) is 9.14. The zero-order valence-corrected chi connectivity index (χ0v) is 7.92. The number of nitrogens with two attached hydrogens (primary N) is 1. The second-order valence-corrected chi connectivity index (χ2v) is 3.59. The van der Waals surface area contributed by atoms with Crippen LogP contribution < -0.4 is 5.73 Å². The quantitative estimate of drug-likeness (QED) is 0.626. The molecule has 12 heavy (non-hydrogen) atoms. The van der Waals surface area contributed by atoms with E-state index in [9.17, 15) is 4.79 Å². The van der Waals surface area contributed by atoms with Crippen LogP contribution in [0.2, 0.25) is 0 Å². The topological polar surface area (TPSA) is 46.3 Å². The van der Waals surface area contributed by atoms with Gasteiger partial charge in [-0.05, 0) is 12.3 Å². The first-order valence-corrected chi connectivity index (χ1v) is 4.66. The monoisotopic (exact) mass is 170 g/mol. The lowest BCUT2D eigenvalue weighted by molar-refractivity contribution is -0.130. The molecule has 1 amide bonds. The normalized spacial score (nSPS) is 30.4. The number of carbonyl (C=O) groups excluding carboxylic acids is 1. The van der Waals surface area contributed by atoms with Gasteiger partial charge in [-0.1, -0.05) is 13.3 Å².